The summed E-state index contributed by atoms with van der Waals surface area (Å²) in [5.41, 5.74) is 0.852. The average Bonchev–Trinajstić information content (AvgIpc) is 2.46. The predicted octanol–water partition coefficient (Wildman–Crippen LogP) is 4.17. The Kier molecular flexibility index (Phi) is 5.54. The third-order valence-corrected chi connectivity index (χ3v) is 4.24. The molecule has 1 aromatic rings. The highest BCUT2D eigenvalue weighted by molar-refractivity contribution is 7.80. The van der Waals surface area contributed by atoms with E-state index < -0.39 is 0 Å². The van der Waals surface area contributed by atoms with Crippen molar-refractivity contribution in [3.05, 3.63) is 27.7 Å². The molecule has 0 N–H and O–H groups in total. The number of likely N-dealkylation sites (tertiary alicyclic amines) is 1. The maximum Gasteiger partial charge on any atom is 0.157 e. The third kappa shape index (κ3) is 3.58. The Hall–Kier alpha value is -0.950. The molecule has 0 bridgehead atoms. The number of nitrogens with zero attached hydrogens (tertiary/aromatic N) is 1. The summed E-state index contributed by atoms with van der Waals surface area (Å²) in [6.45, 7) is 2.11. The van der Waals surface area contributed by atoms with E-state index in [0.717, 1.165) is 23.6 Å². The second-order valence-corrected chi connectivity index (χ2v) is 5.82. The lowest BCUT2D eigenvalue weighted by Gasteiger charge is -2.29. The number of ether oxygens (including phenoxy) is 1. The van der Waals surface area contributed by atoms with E-state index in [-0.39, 0.29) is 6.61 Å². The van der Waals surface area contributed by atoms with Crippen molar-refractivity contribution in [2.75, 3.05) is 19.7 Å². The maximum atomic E-state index is 6.20. The molecule has 1 aliphatic heterocycles. The van der Waals surface area contributed by atoms with Crippen molar-refractivity contribution in [1.82, 2.24) is 4.90 Å². The summed E-state index contributed by atoms with van der Waals surface area (Å²) in [5.74, 6) is 2.80. The van der Waals surface area contributed by atoms with Crippen LogP contribution in [0, 0.1) is 12.3 Å². The van der Waals surface area contributed by atoms with Crippen molar-refractivity contribution >= 4 is 40.4 Å². The van der Waals surface area contributed by atoms with Crippen molar-refractivity contribution in [2.45, 2.75) is 19.3 Å². The van der Waals surface area contributed by atoms with Crippen LogP contribution in [0.3, 0.4) is 0 Å². The smallest absolute Gasteiger partial charge is 0.157 e. The minimum absolute atomic E-state index is 0.134. The van der Waals surface area contributed by atoms with E-state index in [1.54, 1.807) is 12.1 Å². The summed E-state index contributed by atoms with van der Waals surface area (Å²) in [6.07, 6.45) is 8.77. The van der Waals surface area contributed by atoms with Gasteiger partial charge < -0.3 is 9.64 Å². The van der Waals surface area contributed by atoms with Gasteiger partial charge in [0.15, 0.2) is 5.75 Å². The van der Waals surface area contributed by atoms with E-state index in [1.807, 2.05) is 0 Å². The molecular weight excluding hydrogens is 313 g/mol. The van der Waals surface area contributed by atoms with E-state index >= 15 is 0 Å². The van der Waals surface area contributed by atoms with Gasteiger partial charge in [-0.3, -0.25) is 0 Å². The molecule has 1 fully saturated rings. The van der Waals surface area contributed by atoms with Crippen LogP contribution in [0.2, 0.25) is 10.0 Å². The molecule has 0 aromatic heterocycles. The van der Waals surface area contributed by atoms with Crippen molar-refractivity contribution in [3.63, 3.8) is 0 Å². The lowest BCUT2D eigenvalue weighted by atomic mass is 10.1. The Morgan fingerprint density at radius 1 is 1.25 bits per heavy atom. The Labute approximate surface area is 135 Å². The van der Waals surface area contributed by atoms with Crippen LogP contribution in [-0.4, -0.2) is 29.6 Å². The van der Waals surface area contributed by atoms with E-state index in [4.69, 9.17) is 46.6 Å². The SMILES string of the molecule is C#CCOc1c(Cl)cc(C(=S)N2CCCCC2)cc1Cl. The summed E-state index contributed by atoms with van der Waals surface area (Å²) in [5, 5.41) is 0.865. The Morgan fingerprint density at radius 3 is 2.40 bits per heavy atom. The monoisotopic (exact) mass is 327 g/mol. The van der Waals surface area contributed by atoms with Crippen molar-refractivity contribution in [1.29, 1.82) is 0 Å². The fourth-order valence-corrected chi connectivity index (χ4v) is 3.11. The fraction of sp³-hybridized carbons (Fsp3) is 0.400. The van der Waals surface area contributed by atoms with Crippen LogP contribution in [0.5, 0.6) is 5.75 Å². The molecule has 5 heteroatoms. The van der Waals surface area contributed by atoms with Gasteiger partial charge in [0.2, 0.25) is 0 Å². The molecule has 0 atom stereocenters. The lowest BCUT2D eigenvalue weighted by molar-refractivity contribution is 0.347. The highest BCUT2D eigenvalue weighted by atomic mass is 35.5. The molecule has 20 heavy (non-hydrogen) atoms. The van der Waals surface area contributed by atoms with Gasteiger partial charge in [0.25, 0.3) is 0 Å². The Morgan fingerprint density at radius 2 is 1.85 bits per heavy atom. The molecule has 0 spiro atoms. The molecule has 1 aliphatic rings. The van der Waals surface area contributed by atoms with Crippen LogP contribution in [0.15, 0.2) is 12.1 Å². The molecule has 2 rings (SSSR count). The van der Waals surface area contributed by atoms with Gasteiger partial charge in [-0.2, -0.15) is 0 Å². The highest BCUT2D eigenvalue weighted by Crippen LogP contribution is 2.34. The first-order chi connectivity index (χ1) is 9.63. The van der Waals surface area contributed by atoms with Crippen LogP contribution in [0.1, 0.15) is 24.8 Å². The van der Waals surface area contributed by atoms with Gasteiger partial charge in [-0.25, -0.2) is 0 Å². The van der Waals surface area contributed by atoms with Gasteiger partial charge in [0, 0.05) is 18.7 Å². The summed E-state index contributed by atoms with van der Waals surface area (Å²) in [7, 11) is 0. The van der Waals surface area contributed by atoms with E-state index in [0.29, 0.717) is 15.8 Å². The van der Waals surface area contributed by atoms with Gasteiger partial charge in [0.05, 0.1) is 10.0 Å². The van der Waals surface area contributed by atoms with Crippen molar-refractivity contribution in [3.8, 4) is 18.1 Å². The third-order valence-electron chi connectivity index (χ3n) is 3.19. The first-order valence-electron chi connectivity index (χ1n) is 6.48. The van der Waals surface area contributed by atoms with Crippen LogP contribution in [-0.2, 0) is 0 Å². The van der Waals surface area contributed by atoms with Crippen LogP contribution < -0.4 is 4.74 Å². The topological polar surface area (TPSA) is 12.5 Å². The number of rotatable bonds is 3. The molecule has 0 aliphatic carbocycles. The lowest BCUT2D eigenvalue weighted by Crippen LogP contribution is -2.34. The second kappa shape index (κ2) is 7.17. The zero-order chi connectivity index (χ0) is 14.5. The standard InChI is InChI=1S/C15H15Cl2NOS/c1-2-8-19-14-12(16)9-11(10-13(14)17)15(20)18-6-4-3-5-7-18/h1,9-10H,3-8H2. The van der Waals surface area contributed by atoms with Gasteiger partial charge in [-0.1, -0.05) is 41.3 Å². The largest absolute Gasteiger partial charge is 0.478 e. The Balaban J connectivity index is 2.20. The number of halogens is 2. The molecule has 1 saturated heterocycles. The van der Waals surface area contributed by atoms with Crippen LogP contribution >= 0.6 is 35.4 Å². The molecule has 0 saturated carbocycles. The number of hydrogen-bond acceptors (Lipinski definition) is 2. The molecule has 2 nitrogen and oxygen atoms in total. The molecule has 1 aromatic carbocycles. The summed E-state index contributed by atoms with van der Waals surface area (Å²) in [4.78, 5) is 2.99. The molecule has 106 valence electrons. The first-order valence-corrected chi connectivity index (χ1v) is 7.64. The average molecular weight is 328 g/mol. The summed E-state index contributed by atoms with van der Waals surface area (Å²) >= 11 is 17.9. The van der Waals surface area contributed by atoms with E-state index in [1.165, 1.54) is 19.3 Å². The van der Waals surface area contributed by atoms with Gasteiger partial charge in [-0.15, -0.1) is 6.42 Å². The molecule has 0 radical (unpaired) electrons. The zero-order valence-corrected chi connectivity index (χ0v) is 13.3. The van der Waals surface area contributed by atoms with Gasteiger partial charge >= 0.3 is 0 Å². The highest BCUT2D eigenvalue weighted by Gasteiger charge is 2.18. The number of terminal acetylenes is 1. The molecule has 0 unspecified atom stereocenters. The maximum absolute atomic E-state index is 6.20. The zero-order valence-electron chi connectivity index (χ0n) is 11.0. The quantitative estimate of drug-likeness (QED) is 0.610. The second-order valence-electron chi connectivity index (χ2n) is 4.61. The molecule has 1 heterocycles. The first kappa shape index (κ1) is 15.4. The minimum atomic E-state index is 0.134. The van der Waals surface area contributed by atoms with Crippen LogP contribution in [0.25, 0.3) is 0 Å². The number of benzene rings is 1. The fourth-order valence-electron chi connectivity index (χ4n) is 2.21. The normalized spacial score (nSPS) is 14.8. The summed E-state index contributed by atoms with van der Waals surface area (Å²) < 4.78 is 5.34. The Bertz CT molecular complexity index is 524. The van der Waals surface area contributed by atoms with Crippen molar-refractivity contribution in [2.24, 2.45) is 0 Å². The van der Waals surface area contributed by atoms with Gasteiger partial charge in [0.1, 0.15) is 11.6 Å². The van der Waals surface area contributed by atoms with Gasteiger partial charge in [-0.05, 0) is 31.4 Å². The molecular formula is C15H15Cl2NOS. The van der Waals surface area contributed by atoms with E-state index in [9.17, 15) is 0 Å². The number of thiocarbonyl (C=S) groups is 1. The minimum Gasteiger partial charge on any atom is -0.478 e. The van der Waals surface area contributed by atoms with E-state index in [2.05, 4.69) is 10.8 Å². The van der Waals surface area contributed by atoms with Crippen LogP contribution in [0.4, 0.5) is 0 Å². The van der Waals surface area contributed by atoms with Crippen molar-refractivity contribution < 1.29 is 4.74 Å². The summed E-state index contributed by atoms with van der Waals surface area (Å²) in [6, 6.07) is 3.58. The predicted molar refractivity (Wildman–Crippen MR) is 87.9 cm³/mol. The number of piperidine rings is 1. The molecule has 0 amide bonds. The number of hydrogen-bond donors (Lipinski definition) is 0.